The Morgan fingerprint density at radius 3 is 2.37 bits per heavy atom. The van der Waals surface area contributed by atoms with E-state index in [-0.39, 0.29) is 5.91 Å². The number of hydrogen-bond donors (Lipinski definition) is 1. The van der Waals surface area contributed by atoms with Crippen molar-refractivity contribution in [2.45, 2.75) is 0 Å². The van der Waals surface area contributed by atoms with Gasteiger partial charge in [0.1, 0.15) is 0 Å². The number of nitrogens with one attached hydrogen (secondary N) is 1. The monoisotopic (exact) mass is 290 g/mol. The van der Waals surface area contributed by atoms with Gasteiger partial charge in [0.2, 0.25) is 0 Å². The standard InChI is InChI=1S/C14H8Cl2N2O/c15-11-4-2-10(3-5-11)14(19)18-13-6-1-9(8-17)7-12(13)16/h1-7H,(H,18,19). The molecule has 2 rings (SSSR count). The summed E-state index contributed by atoms with van der Waals surface area (Å²) in [5, 5.41) is 12.3. The Bertz CT molecular complexity index is 660. The highest BCUT2D eigenvalue weighted by atomic mass is 35.5. The molecule has 0 unspecified atom stereocenters. The Kier molecular flexibility index (Phi) is 4.06. The van der Waals surface area contributed by atoms with Crippen LogP contribution in [0, 0.1) is 11.3 Å². The highest BCUT2D eigenvalue weighted by molar-refractivity contribution is 6.34. The molecule has 0 saturated carbocycles. The summed E-state index contributed by atoms with van der Waals surface area (Å²) < 4.78 is 0. The first-order valence-electron chi connectivity index (χ1n) is 5.37. The maximum atomic E-state index is 12.0. The van der Waals surface area contributed by atoms with Gasteiger partial charge in [0.15, 0.2) is 0 Å². The average Bonchev–Trinajstić information content (AvgIpc) is 2.41. The third-order valence-electron chi connectivity index (χ3n) is 2.45. The lowest BCUT2D eigenvalue weighted by atomic mass is 10.2. The van der Waals surface area contributed by atoms with E-state index in [1.807, 2.05) is 6.07 Å². The summed E-state index contributed by atoms with van der Waals surface area (Å²) in [5.41, 5.74) is 1.37. The fraction of sp³-hybridized carbons (Fsp3) is 0. The lowest BCUT2D eigenvalue weighted by Gasteiger charge is -2.07. The molecule has 0 aromatic heterocycles. The fourth-order valence-electron chi connectivity index (χ4n) is 1.48. The van der Waals surface area contributed by atoms with Crippen molar-refractivity contribution in [2.24, 2.45) is 0 Å². The summed E-state index contributed by atoms with van der Waals surface area (Å²) in [4.78, 5) is 12.0. The number of anilines is 1. The van der Waals surface area contributed by atoms with Crippen LogP contribution in [0.15, 0.2) is 42.5 Å². The van der Waals surface area contributed by atoms with Gasteiger partial charge in [0, 0.05) is 10.6 Å². The van der Waals surface area contributed by atoms with Gasteiger partial charge in [0.25, 0.3) is 5.91 Å². The van der Waals surface area contributed by atoms with Gasteiger partial charge in [-0.25, -0.2) is 0 Å². The second kappa shape index (κ2) is 5.75. The molecule has 1 N–H and O–H groups in total. The summed E-state index contributed by atoms with van der Waals surface area (Å²) in [6, 6.07) is 13.2. The van der Waals surface area contributed by atoms with Crippen LogP contribution in [0.25, 0.3) is 0 Å². The van der Waals surface area contributed by atoms with Crippen LogP contribution in [0.2, 0.25) is 10.0 Å². The minimum absolute atomic E-state index is 0.289. The SMILES string of the molecule is N#Cc1ccc(NC(=O)c2ccc(Cl)cc2)c(Cl)c1. The molecular weight excluding hydrogens is 283 g/mol. The van der Waals surface area contributed by atoms with Crippen molar-refractivity contribution in [2.75, 3.05) is 5.32 Å². The maximum absolute atomic E-state index is 12.0. The molecule has 2 aromatic carbocycles. The van der Waals surface area contributed by atoms with Gasteiger partial charge in [-0.3, -0.25) is 4.79 Å². The third-order valence-corrected chi connectivity index (χ3v) is 3.02. The van der Waals surface area contributed by atoms with Crippen LogP contribution in [0.5, 0.6) is 0 Å². The molecule has 0 aliphatic rings. The maximum Gasteiger partial charge on any atom is 0.255 e. The van der Waals surface area contributed by atoms with Gasteiger partial charge in [0.05, 0.1) is 22.3 Å². The predicted octanol–water partition coefficient (Wildman–Crippen LogP) is 4.12. The smallest absolute Gasteiger partial charge is 0.255 e. The van der Waals surface area contributed by atoms with Crippen molar-refractivity contribution in [1.82, 2.24) is 0 Å². The molecule has 0 saturated heterocycles. The van der Waals surface area contributed by atoms with E-state index >= 15 is 0 Å². The number of rotatable bonds is 2. The van der Waals surface area contributed by atoms with Gasteiger partial charge in [-0.2, -0.15) is 5.26 Å². The Labute approximate surface area is 120 Å². The van der Waals surface area contributed by atoms with E-state index in [0.717, 1.165) is 0 Å². The molecule has 0 aliphatic carbocycles. The third kappa shape index (κ3) is 3.25. The van der Waals surface area contributed by atoms with Crippen molar-refractivity contribution >= 4 is 34.8 Å². The molecule has 94 valence electrons. The van der Waals surface area contributed by atoms with Crippen molar-refractivity contribution in [3.63, 3.8) is 0 Å². The van der Waals surface area contributed by atoms with E-state index in [1.54, 1.807) is 36.4 Å². The van der Waals surface area contributed by atoms with Crippen molar-refractivity contribution in [3.8, 4) is 6.07 Å². The number of nitrogens with zero attached hydrogens (tertiary/aromatic N) is 1. The first kappa shape index (κ1) is 13.4. The normalized spacial score (nSPS) is 9.74. The topological polar surface area (TPSA) is 52.9 Å². The summed E-state index contributed by atoms with van der Waals surface area (Å²) >= 11 is 11.7. The Balaban J connectivity index is 2.20. The molecule has 0 bridgehead atoms. The van der Waals surface area contributed by atoms with E-state index in [2.05, 4.69) is 5.32 Å². The van der Waals surface area contributed by atoms with Crippen LogP contribution in [0.3, 0.4) is 0 Å². The molecule has 0 aliphatic heterocycles. The van der Waals surface area contributed by atoms with Crippen LogP contribution in [0.1, 0.15) is 15.9 Å². The highest BCUT2D eigenvalue weighted by Gasteiger charge is 2.08. The lowest BCUT2D eigenvalue weighted by Crippen LogP contribution is -2.12. The molecule has 0 radical (unpaired) electrons. The highest BCUT2D eigenvalue weighted by Crippen LogP contribution is 2.23. The zero-order valence-electron chi connectivity index (χ0n) is 9.65. The van der Waals surface area contributed by atoms with Gasteiger partial charge < -0.3 is 5.32 Å². The molecule has 1 amide bonds. The Hall–Kier alpha value is -2.02. The lowest BCUT2D eigenvalue weighted by molar-refractivity contribution is 0.102. The van der Waals surface area contributed by atoms with Crippen LogP contribution >= 0.6 is 23.2 Å². The summed E-state index contributed by atoms with van der Waals surface area (Å²) in [6.07, 6.45) is 0. The van der Waals surface area contributed by atoms with E-state index in [0.29, 0.717) is 26.9 Å². The molecular formula is C14H8Cl2N2O. The van der Waals surface area contributed by atoms with E-state index in [4.69, 9.17) is 28.5 Å². The number of nitriles is 1. The number of carbonyl (C=O) groups is 1. The summed E-state index contributed by atoms with van der Waals surface area (Å²) in [7, 11) is 0. The van der Waals surface area contributed by atoms with Gasteiger partial charge >= 0.3 is 0 Å². The quantitative estimate of drug-likeness (QED) is 0.905. The van der Waals surface area contributed by atoms with Crippen LogP contribution < -0.4 is 5.32 Å². The molecule has 0 fully saturated rings. The van der Waals surface area contributed by atoms with Crippen molar-refractivity contribution < 1.29 is 4.79 Å². The van der Waals surface area contributed by atoms with Crippen LogP contribution in [-0.4, -0.2) is 5.91 Å². The number of benzene rings is 2. The molecule has 3 nitrogen and oxygen atoms in total. The summed E-state index contributed by atoms with van der Waals surface area (Å²) in [6.45, 7) is 0. The zero-order valence-corrected chi connectivity index (χ0v) is 11.2. The molecule has 5 heteroatoms. The van der Waals surface area contributed by atoms with Crippen LogP contribution in [0.4, 0.5) is 5.69 Å². The van der Waals surface area contributed by atoms with Crippen molar-refractivity contribution in [1.29, 1.82) is 5.26 Å². The van der Waals surface area contributed by atoms with E-state index in [1.165, 1.54) is 6.07 Å². The Morgan fingerprint density at radius 1 is 1.11 bits per heavy atom. The van der Waals surface area contributed by atoms with Crippen molar-refractivity contribution in [3.05, 3.63) is 63.6 Å². The predicted molar refractivity (Wildman–Crippen MR) is 75.6 cm³/mol. The number of halogens is 2. The largest absolute Gasteiger partial charge is 0.321 e. The van der Waals surface area contributed by atoms with Gasteiger partial charge in [-0.15, -0.1) is 0 Å². The van der Waals surface area contributed by atoms with Crippen LogP contribution in [-0.2, 0) is 0 Å². The second-order valence-electron chi connectivity index (χ2n) is 3.77. The minimum atomic E-state index is -0.289. The Morgan fingerprint density at radius 2 is 1.79 bits per heavy atom. The van der Waals surface area contributed by atoms with Gasteiger partial charge in [-0.1, -0.05) is 23.2 Å². The number of hydrogen-bond acceptors (Lipinski definition) is 2. The first-order valence-corrected chi connectivity index (χ1v) is 6.12. The minimum Gasteiger partial charge on any atom is -0.321 e. The first-order chi connectivity index (χ1) is 9.10. The molecule has 19 heavy (non-hydrogen) atoms. The summed E-state index contributed by atoms with van der Waals surface area (Å²) in [5.74, 6) is -0.289. The molecule has 2 aromatic rings. The van der Waals surface area contributed by atoms with E-state index < -0.39 is 0 Å². The van der Waals surface area contributed by atoms with Gasteiger partial charge in [-0.05, 0) is 42.5 Å². The molecule has 0 heterocycles. The number of amides is 1. The molecule has 0 spiro atoms. The second-order valence-corrected chi connectivity index (χ2v) is 4.61. The fourth-order valence-corrected chi connectivity index (χ4v) is 1.84. The number of carbonyl (C=O) groups excluding carboxylic acids is 1. The zero-order chi connectivity index (χ0) is 13.8. The average molecular weight is 291 g/mol. The molecule has 0 atom stereocenters. The van der Waals surface area contributed by atoms with E-state index in [9.17, 15) is 4.79 Å².